The first-order valence-electron chi connectivity index (χ1n) is 5.22. The number of anilines is 2. The van der Waals surface area contributed by atoms with Crippen LogP contribution in [0.25, 0.3) is 0 Å². The third kappa shape index (κ3) is 3.14. The number of ether oxygens (including phenoxy) is 1. The normalized spacial score (nSPS) is 10.4. The molecular formula is C11H11BrClN3O2. The molecule has 0 aliphatic carbocycles. The lowest BCUT2D eigenvalue weighted by molar-refractivity contribution is 0.412. The van der Waals surface area contributed by atoms with E-state index in [1.165, 1.54) is 0 Å². The number of alkyl halides is 1. The van der Waals surface area contributed by atoms with E-state index in [9.17, 15) is 0 Å². The average molecular weight is 333 g/mol. The van der Waals surface area contributed by atoms with Crippen molar-refractivity contribution in [2.75, 3.05) is 18.3 Å². The van der Waals surface area contributed by atoms with Crippen molar-refractivity contribution in [3.8, 4) is 5.75 Å². The predicted octanol–water partition coefficient (Wildman–Crippen LogP) is 3.37. The molecule has 18 heavy (non-hydrogen) atoms. The highest BCUT2D eigenvalue weighted by molar-refractivity contribution is 9.10. The molecule has 1 N–H and O–H groups in total. The van der Waals surface area contributed by atoms with Crippen LogP contribution in [0.3, 0.4) is 0 Å². The minimum absolute atomic E-state index is 0.333. The van der Waals surface area contributed by atoms with Gasteiger partial charge >= 0.3 is 6.01 Å². The third-order valence-electron chi connectivity index (χ3n) is 2.18. The second-order valence-corrected chi connectivity index (χ2v) is 4.65. The molecule has 0 aliphatic rings. The molecule has 5 nitrogen and oxygen atoms in total. The molecule has 0 bridgehead atoms. The van der Waals surface area contributed by atoms with Crippen LogP contribution >= 0.6 is 27.5 Å². The summed E-state index contributed by atoms with van der Waals surface area (Å²) in [5, 5.41) is 10.7. The Bertz CT molecular complexity index is 533. The smallest absolute Gasteiger partial charge is 0.320 e. The molecular weight excluding hydrogens is 321 g/mol. The Labute approximate surface area is 118 Å². The number of aromatic nitrogens is 2. The maximum Gasteiger partial charge on any atom is 0.320 e. The first-order valence-corrected chi connectivity index (χ1v) is 6.54. The van der Waals surface area contributed by atoms with Crippen LogP contribution in [0.4, 0.5) is 11.7 Å². The van der Waals surface area contributed by atoms with Crippen molar-refractivity contribution < 1.29 is 9.15 Å². The van der Waals surface area contributed by atoms with Gasteiger partial charge < -0.3 is 14.5 Å². The Morgan fingerprint density at radius 1 is 1.44 bits per heavy atom. The van der Waals surface area contributed by atoms with Gasteiger partial charge in [0.25, 0.3) is 0 Å². The van der Waals surface area contributed by atoms with Crippen LogP contribution in [0.2, 0.25) is 0 Å². The fraction of sp³-hybridized carbons (Fsp3) is 0.273. The van der Waals surface area contributed by atoms with E-state index >= 15 is 0 Å². The number of halogens is 2. The van der Waals surface area contributed by atoms with Gasteiger partial charge in [-0.1, -0.05) is 5.10 Å². The van der Waals surface area contributed by atoms with Crippen LogP contribution < -0.4 is 10.1 Å². The van der Waals surface area contributed by atoms with Gasteiger partial charge in [0, 0.05) is 24.1 Å². The van der Waals surface area contributed by atoms with Crippen LogP contribution in [0.1, 0.15) is 5.89 Å². The highest BCUT2D eigenvalue weighted by Crippen LogP contribution is 2.29. The molecule has 0 aliphatic heterocycles. The number of nitrogens with one attached hydrogen (secondary N) is 1. The largest absolute Gasteiger partial charge is 0.495 e. The summed E-state index contributed by atoms with van der Waals surface area (Å²) in [5.74, 6) is 1.69. The van der Waals surface area contributed by atoms with Gasteiger partial charge in [0.1, 0.15) is 5.75 Å². The third-order valence-corrected chi connectivity index (χ3v) is 3.02. The van der Waals surface area contributed by atoms with E-state index in [0.29, 0.717) is 24.2 Å². The molecule has 7 heteroatoms. The maximum absolute atomic E-state index is 5.59. The van der Waals surface area contributed by atoms with Crippen molar-refractivity contribution in [2.24, 2.45) is 0 Å². The molecule has 1 aromatic heterocycles. The van der Waals surface area contributed by atoms with Gasteiger partial charge in [-0.25, -0.2) is 0 Å². The molecule has 0 atom stereocenters. The van der Waals surface area contributed by atoms with Gasteiger partial charge in [-0.2, -0.15) is 0 Å². The zero-order chi connectivity index (χ0) is 13.0. The van der Waals surface area contributed by atoms with E-state index in [2.05, 4.69) is 31.4 Å². The van der Waals surface area contributed by atoms with Gasteiger partial charge in [-0.15, -0.1) is 16.7 Å². The number of aryl methyl sites for hydroxylation is 1. The quantitative estimate of drug-likeness (QED) is 0.851. The van der Waals surface area contributed by atoms with E-state index in [-0.39, 0.29) is 0 Å². The molecule has 0 radical (unpaired) electrons. The molecule has 0 spiro atoms. The van der Waals surface area contributed by atoms with Crippen molar-refractivity contribution in [3.63, 3.8) is 0 Å². The minimum Gasteiger partial charge on any atom is -0.495 e. The van der Waals surface area contributed by atoms with Crippen molar-refractivity contribution in [1.82, 2.24) is 10.2 Å². The van der Waals surface area contributed by atoms with Crippen molar-refractivity contribution >= 4 is 39.2 Å². The van der Waals surface area contributed by atoms with Crippen LogP contribution in [0.15, 0.2) is 27.1 Å². The van der Waals surface area contributed by atoms with Gasteiger partial charge in [-0.3, -0.25) is 0 Å². The number of benzene rings is 1. The predicted molar refractivity (Wildman–Crippen MR) is 72.7 cm³/mol. The van der Waals surface area contributed by atoms with Crippen molar-refractivity contribution in [3.05, 3.63) is 28.6 Å². The Balaban J connectivity index is 2.12. The monoisotopic (exact) mass is 331 g/mol. The van der Waals surface area contributed by atoms with Gasteiger partial charge in [0.05, 0.1) is 11.6 Å². The summed E-state index contributed by atoms with van der Waals surface area (Å²) < 4.78 is 11.4. The zero-order valence-electron chi connectivity index (χ0n) is 9.61. The van der Waals surface area contributed by atoms with Crippen molar-refractivity contribution in [1.29, 1.82) is 0 Å². The van der Waals surface area contributed by atoms with E-state index < -0.39 is 0 Å². The average Bonchev–Trinajstić information content (AvgIpc) is 2.80. The zero-order valence-corrected chi connectivity index (χ0v) is 12.0. The van der Waals surface area contributed by atoms with Gasteiger partial charge in [-0.05, 0) is 28.1 Å². The lowest BCUT2D eigenvalue weighted by Gasteiger charge is -2.06. The standard InChI is InChI=1S/C11H11BrClN3O2/c1-17-9-6-7(2-3-8(9)12)14-11-16-15-10(18-11)4-5-13/h2-3,6H,4-5H2,1H3,(H,14,16). The second kappa shape index (κ2) is 6.06. The summed E-state index contributed by atoms with van der Waals surface area (Å²) in [6.07, 6.45) is 0.555. The number of rotatable bonds is 5. The Morgan fingerprint density at radius 2 is 2.28 bits per heavy atom. The lowest BCUT2D eigenvalue weighted by Crippen LogP contribution is -1.92. The van der Waals surface area contributed by atoms with E-state index in [4.69, 9.17) is 20.8 Å². The van der Waals surface area contributed by atoms with Crippen LogP contribution in [-0.4, -0.2) is 23.2 Å². The van der Waals surface area contributed by atoms with Crippen LogP contribution in [-0.2, 0) is 6.42 Å². The molecule has 1 aromatic carbocycles. The van der Waals surface area contributed by atoms with E-state index in [0.717, 1.165) is 15.9 Å². The number of nitrogens with zero attached hydrogens (tertiary/aromatic N) is 2. The molecule has 2 rings (SSSR count). The first-order chi connectivity index (χ1) is 8.72. The summed E-state index contributed by atoms with van der Waals surface area (Å²) in [6.45, 7) is 0. The minimum atomic E-state index is 0.333. The molecule has 0 saturated heterocycles. The maximum atomic E-state index is 5.59. The SMILES string of the molecule is COc1cc(Nc2nnc(CCCl)o2)ccc1Br. The molecule has 0 saturated carbocycles. The lowest BCUT2D eigenvalue weighted by atomic mass is 10.3. The Morgan fingerprint density at radius 3 is 3.00 bits per heavy atom. The van der Waals surface area contributed by atoms with E-state index in [1.54, 1.807) is 7.11 Å². The summed E-state index contributed by atoms with van der Waals surface area (Å²) in [6, 6.07) is 5.91. The summed E-state index contributed by atoms with van der Waals surface area (Å²) in [5.41, 5.74) is 0.802. The van der Waals surface area contributed by atoms with Gasteiger partial charge in [0.15, 0.2) is 0 Å². The number of hydrogen-bond donors (Lipinski definition) is 1. The topological polar surface area (TPSA) is 60.2 Å². The summed E-state index contributed by atoms with van der Waals surface area (Å²) in [7, 11) is 1.61. The van der Waals surface area contributed by atoms with Crippen LogP contribution in [0.5, 0.6) is 5.75 Å². The number of methoxy groups -OCH3 is 1. The molecule has 96 valence electrons. The Hall–Kier alpha value is -1.27. The van der Waals surface area contributed by atoms with Gasteiger partial charge in [0.2, 0.25) is 5.89 Å². The second-order valence-electron chi connectivity index (χ2n) is 3.41. The number of hydrogen-bond acceptors (Lipinski definition) is 5. The first kappa shape index (κ1) is 13.2. The summed E-state index contributed by atoms with van der Waals surface area (Å²) >= 11 is 8.97. The molecule has 2 aromatic rings. The van der Waals surface area contributed by atoms with E-state index in [1.807, 2.05) is 18.2 Å². The molecule has 0 amide bonds. The van der Waals surface area contributed by atoms with Crippen LogP contribution in [0, 0.1) is 0 Å². The Kier molecular flexibility index (Phi) is 4.43. The molecule has 0 fully saturated rings. The fourth-order valence-corrected chi connectivity index (χ4v) is 1.92. The highest BCUT2D eigenvalue weighted by atomic mass is 79.9. The molecule has 0 unspecified atom stereocenters. The highest BCUT2D eigenvalue weighted by Gasteiger charge is 2.07. The molecule has 1 heterocycles. The fourth-order valence-electron chi connectivity index (χ4n) is 1.35. The summed E-state index contributed by atoms with van der Waals surface area (Å²) in [4.78, 5) is 0. The van der Waals surface area contributed by atoms with Crippen molar-refractivity contribution in [2.45, 2.75) is 6.42 Å².